The highest BCUT2D eigenvalue weighted by Gasteiger charge is 2.58. The minimum atomic E-state index is -0.744. The number of nitrogens with zero attached hydrogens (tertiary/aromatic N) is 4. The molecule has 252 valence electrons. The highest BCUT2D eigenvalue weighted by atomic mass is 16.6. The van der Waals surface area contributed by atoms with E-state index in [1.54, 1.807) is 9.80 Å². The number of amides is 3. The molecule has 0 aromatic heterocycles. The summed E-state index contributed by atoms with van der Waals surface area (Å²) in [5, 5.41) is 0. The zero-order valence-electron chi connectivity index (χ0n) is 28.4. The second-order valence-electron chi connectivity index (χ2n) is 15.1. The fourth-order valence-corrected chi connectivity index (χ4v) is 7.89. The van der Waals surface area contributed by atoms with Gasteiger partial charge in [0.15, 0.2) is 0 Å². The van der Waals surface area contributed by atoms with E-state index in [-0.39, 0.29) is 29.9 Å². The lowest BCUT2D eigenvalue weighted by Gasteiger charge is -2.54. The molecule has 4 saturated heterocycles. The van der Waals surface area contributed by atoms with Crippen LogP contribution in [-0.2, 0) is 14.3 Å². The molecule has 0 aliphatic carbocycles. The molecule has 3 amide bonds. The van der Waals surface area contributed by atoms with Gasteiger partial charge >= 0.3 is 6.09 Å². The van der Waals surface area contributed by atoms with Crippen LogP contribution in [0.3, 0.4) is 0 Å². The van der Waals surface area contributed by atoms with Gasteiger partial charge in [-0.1, -0.05) is 100 Å². The summed E-state index contributed by atoms with van der Waals surface area (Å²) in [6, 6.07) is 17.5. The molecule has 4 aliphatic rings. The molecule has 8 heteroatoms. The third kappa shape index (κ3) is 7.75. The largest absolute Gasteiger partial charge is 0.447 e. The Balaban J connectivity index is 1.22. The van der Waals surface area contributed by atoms with Crippen molar-refractivity contribution in [2.45, 2.75) is 89.9 Å². The van der Waals surface area contributed by atoms with Crippen LogP contribution < -0.4 is 0 Å². The molecule has 0 saturated carbocycles. The summed E-state index contributed by atoms with van der Waals surface area (Å²) in [6.45, 7) is 11.6. The van der Waals surface area contributed by atoms with Gasteiger partial charge in [-0.25, -0.2) is 4.79 Å². The number of ether oxygens (including phenoxy) is 1. The molecule has 4 fully saturated rings. The van der Waals surface area contributed by atoms with Gasteiger partial charge in [-0.2, -0.15) is 0 Å². The topological polar surface area (TPSA) is 73.4 Å². The van der Waals surface area contributed by atoms with E-state index in [0.29, 0.717) is 12.3 Å². The van der Waals surface area contributed by atoms with E-state index in [2.05, 4.69) is 25.7 Å². The summed E-state index contributed by atoms with van der Waals surface area (Å²) >= 11 is 0. The van der Waals surface area contributed by atoms with Crippen molar-refractivity contribution in [3.05, 3.63) is 77.9 Å². The van der Waals surface area contributed by atoms with Crippen LogP contribution in [0, 0.1) is 11.3 Å². The van der Waals surface area contributed by atoms with Gasteiger partial charge in [0.1, 0.15) is 18.7 Å². The Morgan fingerprint density at radius 3 is 2.23 bits per heavy atom. The van der Waals surface area contributed by atoms with E-state index in [4.69, 9.17) is 4.74 Å². The zero-order chi connectivity index (χ0) is 33.0. The second kappa shape index (κ2) is 14.6. The molecule has 47 heavy (non-hydrogen) atoms. The Morgan fingerprint density at radius 1 is 0.915 bits per heavy atom. The van der Waals surface area contributed by atoms with Gasteiger partial charge in [-0.15, -0.1) is 0 Å². The van der Waals surface area contributed by atoms with Gasteiger partial charge in [0.25, 0.3) is 0 Å². The quantitative estimate of drug-likeness (QED) is 0.282. The van der Waals surface area contributed by atoms with Crippen molar-refractivity contribution >= 4 is 24.0 Å². The van der Waals surface area contributed by atoms with Crippen LogP contribution in [0.1, 0.15) is 82.9 Å². The van der Waals surface area contributed by atoms with Crippen LogP contribution in [0.4, 0.5) is 4.79 Å². The molecule has 4 aliphatic heterocycles. The van der Waals surface area contributed by atoms with Gasteiger partial charge in [-0.3, -0.25) is 14.5 Å². The second-order valence-corrected chi connectivity index (χ2v) is 15.1. The summed E-state index contributed by atoms with van der Waals surface area (Å²) in [5.41, 5.74) is 1.74. The normalized spacial score (nSPS) is 25.3. The van der Waals surface area contributed by atoms with Crippen molar-refractivity contribution in [2.24, 2.45) is 11.3 Å². The van der Waals surface area contributed by atoms with Crippen molar-refractivity contribution in [3.63, 3.8) is 0 Å². The lowest BCUT2D eigenvalue weighted by Crippen LogP contribution is -2.74. The molecule has 0 spiro atoms. The number of piperidine rings is 2. The molecule has 4 atom stereocenters. The summed E-state index contributed by atoms with van der Waals surface area (Å²) in [7, 11) is 0. The minimum Gasteiger partial charge on any atom is -0.447 e. The average Bonchev–Trinajstić information content (AvgIpc) is 3.46. The highest BCUT2D eigenvalue weighted by Crippen LogP contribution is 2.40. The van der Waals surface area contributed by atoms with E-state index in [0.717, 1.165) is 43.6 Å². The number of carbonyl (C=O) groups excluding carboxylic acids is 3. The van der Waals surface area contributed by atoms with Crippen LogP contribution in [-0.4, -0.2) is 95.0 Å². The molecular formula is C39H52N4O4. The fourth-order valence-electron chi connectivity index (χ4n) is 7.89. The van der Waals surface area contributed by atoms with E-state index in [1.807, 2.05) is 77.7 Å². The standard InChI is InChI=1S/C39H52N4O4/c1-39(2,3)27-33(36(44)41-25-20-30(21-26-41)19-24-40-22-11-6-12-23-40)42-32(18-17-29-13-7-4-8-14-29)35(37(42)45)43-34(28-47-38(43)46)31-15-9-5-10-16-31/h4-5,7-10,13-18,30,32-35H,6,11-12,19-28H2,1-3H3/t32?,33-,34+,35?/m0/s1. The first-order valence-electron chi connectivity index (χ1n) is 17.8. The molecule has 4 heterocycles. The summed E-state index contributed by atoms with van der Waals surface area (Å²) in [4.78, 5) is 50.1. The smallest absolute Gasteiger partial charge is 0.411 e. The Kier molecular flexibility index (Phi) is 10.4. The molecule has 0 N–H and O–H groups in total. The maximum atomic E-state index is 14.5. The average molecular weight is 641 g/mol. The zero-order valence-corrected chi connectivity index (χ0v) is 28.4. The Labute approximate surface area is 280 Å². The summed E-state index contributed by atoms with van der Waals surface area (Å²) < 4.78 is 5.55. The van der Waals surface area contributed by atoms with E-state index in [9.17, 15) is 14.4 Å². The molecule has 2 aromatic carbocycles. The van der Waals surface area contributed by atoms with E-state index < -0.39 is 24.2 Å². The van der Waals surface area contributed by atoms with Crippen molar-refractivity contribution in [3.8, 4) is 0 Å². The van der Waals surface area contributed by atoms with E-state index >= 15 is 0 Å². The van der Waals surface area contributed by atoms with Crippen LogP contribution in [0.25, 0.3) is 6.08 Å². The highest BCUT2D eigenvalue weighted by molar-refractivity contribution is 5.98. The maximum absolute atomic E-state index is 14.5. The Hall–Kier alpha value is -3.65. The molecule has 0 radical (unpaired) electrons. The van der Waals surface area contributed by atoms with Gasteiger partial charge in [0, 0.05) is 13.1 Å². The van der Waals surface area contributed by atoms with Crippen LogP contribution in [0.15, 0.2) is 66.7 Å². The molecule has 0 bridgehead atoms. The Morgan fingerprint density at radius 2 is 1.57 bits per heavy atom. The van der Waals surface area contributed by atoms with Crippen LogP contribution in [0.2, 0.25) is 0 Å². The van der Waals surface area contributed by atoms with Gasteiger partial charge in [-0.05, 0) is 80.6 Å². The van der Waals surface area contributed by atoms with Crippen molar-refractivity contribution < 1.29 is 19.1 Å². The van der Waals surface area contributed by atoms with Crippen molar-refractivity contribution in [1.29, 1.82) is 0 Å². The number of likely N-dealkylation sites (tertiary alicyclic amines) is 3. The first kappa shape index (κ1) is 33.3. The first-order valence-corrected chi connectivity index (χ1v) is 17.8. The third-order valence-electron chi connectivity index (χ3n) is 10.5. The van der Waals surface area contributed by atoms with E-state index in [1.165, 1.54) is 38.8 Å². The monoisotopic (exact) mass is 640 g/mol. The van der Waals surface area contributed by atoms with Gasteiger partial charge < -0.3 is 19.4 Å². The van der Waals surface area contributed by atoms with Crippen LogP contribution in [0.5, 0.6) is 0 Å². The lowest BCUT2D eigenvalue weighted by molar-refractivity contribution is -0.167. The number of benzene rings is 2. The first-order chi connectivity index (χ1) is 22.7. The number of hydrogen-bond acceptors (Lipinski definition) is 5. The van der Waals surface area contributed by atoms with Gasteiger partial charge in [0.2, 0.25) is 11.8 Å². The SMILES string of the molecule is CC(C)(C)C[C@@H](C(=O)N1CCC(CCN2CCCCC2)CC1)N1C(=O)C(N2C(=O)OC[C@@H]2c2ccccc2)C1C=Cc1ccccc1. The van der Waals surface area contributed by atoms with Gasteiger partial charge in [0.05, 0.1) is 12.1 Å². The number of β-lactam (4-membered cyclic amide) rings is 1. The molecular weight excluding hydrogens is 588 g/mol. The van der Waals surface area contributed by atoms with Crippen molar-refractivity contribution in [1.82, 2.24) is 19.6 Å². The minimum absolute atomic E-state index is 0.0305. The summed E-state index contributed by atoms with van der Waals surface area (Å²) in [5.74, 6) is 0.476. The number of cyclic esters (lactones) is 1. The third-order valence-corrected chi connectivity index (χ3v) is 10.5. The molecule has 2 aromatic rings. The number of carbonyl (C=O) groups is 3. The van der Waals surface area contributed by atoms with Crippen LogP contribution >= 0.6 is 0 Å². The predicted octanol–water partition coefficient (Wildman–Crippen LogP) is 6.39. The maximum Gasteiger partial charge on any atom is 0.411 e. The number of hydrogen-bond donors (Lipinski definition) is 0. The number of rotatable bonds is 10. The fraction of sp³-hybridized carbons (Fsp3) is 0.564. The molecule has 8 nitrogen and oxygen atoms in total. The molecule has 2 unspecified atom stereocenters. The molecule has 6 rings (SSSR count). The predicted molar refractivity (Wildman–Crippen MR) is 184 cm³/mol. The summed E-state index contributed by atoms with van der Waals surface area (Å²) in [6.07, 6.45) is 11.3. The Bertz CT molecular complexity index is 1390. The van der Waals surface area contributed by atoms with Crippen molar-refractivity contribution in [2.75, 3.05) is 39.3 Å². The lowest BCUT2D eigenvalue weighted by atomic mass is 9.81.